The summed E-state index contributed by atoms with van der Waals surface area (Å²) in [6.45, 7) is 1.92. The molecule has 2 heterocycles. The number of halogens is 1. The Balaban J connectivity index is 2.35. The first-order valence-electron chi connectivity index (χ1n) is 5.23. The number of aromatic nitrogens is 1. The molecule has 0 spiro atoms. The maximum absolute atomic E-state index is 12.3. The molecule has 0 fully saturated rings. The molecule has 90 valence electrons. The first kappa shape index (κ1) is 12.9. The van der Waals surface area contributed by atoms with Gasteiger partial charge in [-0.2, -0.15) is 5.26 Å². The molecule has 0 N–H and O–H groups in total. The Morgan fingerprint density at radius 2 is 2.39 bits per heavy atom. The number of hydrogen-bond acceptors (Lipinski definition) is 4. The fraction of sp³-hybridized carbons (Fsp3) is 0.154. The molecule has 3 nitrogen and oxygen atoms in total. The molecular weight excluding hydrogens is 312 g/mol. The maximum atomic E-state index is 12.3. The van der Waals surface area contributed by atoms with E-state index >= 15 is 0 Å². The molecule has 2 aromatic rings. The molecule has 0 radical (unpaired) electrons. The molecule has 1 unspecified atom stereocenters. The number of aryl methyl sites for hydroxylation is 1. The summed E-state index contributed by atoms with van der Waals surface area (Å²) in [7, 11) is 0. The summed E-state index contributed by atoms with van der Waals surface area (Å²) in [5.74, 6) is -0.965. The van der Waals surface area contributed by atoms with E-state index in [0.717, 1.165) is 9.35 Å². The van der Waals surface area contributed by atoms with E-state index in [4.69, 9.17) is 0 Å². The summed E-state index contributed by atoms with van der Waals surface area (Å²) in [6, 6.07) is 7.32. The van der Waals surface area contributed by atoms with Gasteiger partial charge in [-0.05, 0) is 46.1 Å². The van der Waals surface area contributed by atoms with Crippen molar-refractivity contribution in [2.24, 2.45) is 0 Å². The zero-order valence-corrected chi connectivity index (χ0v) is 12.0. The Hall–Kier alpha value is -1.51. The van der Waals surface area contributed by atoms with Gasteiger partial charge in [0, 0.05) is 12.4 Å². The van der Waals surface area contributed by atoms with Crippen LogP contribution in [0, 0.1) is 18.3 Å². The Morgan fingerprint density at radius 1 is 1.61 bits per heavy atom. The first-order valence-corrected chi connectivity index (χ1v) is 6.84. The predicted molar refractivity (Wildman–Crippen MR) is 73.7 cm³/mol. The van der Waals surface area contributed by atoms with E-state index in [9.17, 15) is 10.1 Å². The minimum atomic E-state index is -0.788. The van der Waals surface area contributed by atoms with E-state index in [0.29, 0.717) is 10.4 Å². The zero-order valence-electron chi connectivity index (χ0n) is 9.55. The predicted octanol–water partition coefficient (Wildman–Crippen LogP) is 3.70. The van der Waals surface area contributed by atoms with Gasteiger partial charge in [0.2, 0.25) is 0 Å². The molecule has 0 bridgehead atoms. The monoisotopic (exact) mass is 320 g/mol. The molecule has 0 saturated heterocycles. The van der Waals surface area contributed by atoms with E-state index in [-0.39, 0.29) is 5.78 Å². The van der Waals surface area contributed by atoms with E-state index in [1.807, 2.05) is 13.0 Å². The summed E-state index contributed by atoms with van der Waals surface area (Å²) in [6.07, 6.45) is 3.18. The highest BCUT2D eigenvalue weighted by Crippen LogP contribution is 2.31. The van der Waals surface area contributed by atoms with Gasteiger partial charge in [-0.3, -0.25) is 9.78 Å². The SMILES string of the molecule is Cc1cc(C(=O)C(C#N)c2cccnc2)sc1Br. The summed E-state index contributed by atoms with van der Waals surface area (Å²) >= 11 is 4.74. The number of ketones is 1. The number of thiophene rings is 1. The maximum Gasteiger partial charge on any atom is 0.194 e. The van der Waals surface area contributed by atoms with Gasteiger partial charge in [-0.1, -0.05) is 6.07 Å². The highest BCUT2D eigenvalue weighted by atomic mass is 79.9. The average Bonchev–Trinajstić information content (AvgIpc) is 2.72. The molecule has 0 aliphatic heterocycles. The van der Waals surface area contributed by atoms with Crippen molar-refractivity contribution in [2.75, 3.05) is 0 Å². The number of nitrogens with zero attached hydrogens (tertiary/aromatic N) is 2. The fourth-order valence-electron chi connectivity index (χ4n) is 1.55. The summed E-state index contributed by atoms with van der Waals surface area (Å²) < 4.78 is 0.925. The molecule has 18 heavy (non-hydrogen) atoms. The quantitative estimate of drug-likeness (QED) is 0.810. The number of nitriles is 1. The number of carbonyl (C=O) groups is 1. The lowest BCUT2D eigenvalue weighted by atomic mass is 9.97. The number of hydrogen-bond donors (Lipinski definition) is 0. The number of Topliss-reactive ketones (excluding diaryl/α,β-unsaturated/α-hetero) is 1. The van der Waals surface area contributed by atoms with E-state index in [1.54, 1.807) is 30.6 Å². The van der Waals surface area contributed by atoms with Crippen molar-refractivity contribution in [1.29, 1.82) is 5.26 Å². The fourth-order valence-corrected chi connectivity index (χ4v) is 3.06. The van der Waals surface area contributed by atoms with Crippen molar-refractivity contribution in [3.8, 4) is 6.07 Å². The van der Waals surface area contributed by atoms with Crippen LogP contribution in [0.1, 0.15) is 26.7 Å². The van der Waals surface area contributed by atoms with Crippen molar-refractivity contribution in [1.82, 2.24) is 4.98 Å². The van der Waals surface area contributed by atoms with Crippen LogP contribution in [0.2, 0.25) is 0 Å². The van der Waals surface area contributed by atoms with Crippen LogP contribution in [0.5, 0.6) is 0 Å². The number of rotatable bonds is 3. The molecule has 5 heteroatoms. The zero-order chi connectivity index (χ0) is 13.1. The van der Waals surface area contributed by atoms with Gasteiger partial charge >= 0.3 is 0 Å². The Labute approximate surface area is 117 Å². The summed E-state index contributed by atoms with van der Waals surface area (Å²) in [5, 5.41) is 9.18. The van der Waals surface area contributed by atoms with Crippen LogP contribution in [0.15, 0.2) is 34.4 Å². The molecule has 0 amide bonds. The highest BCUT2D eigenvalue weighted by molar-refractivity contribution is 9.11. The van der Waals surface area contributed by atoms with Gasteiger partial charge in [0.25, 0.3) is 0 Å². The van der Waals surface area contributed by atoms with Gasteiger partial charge in [0.15, 0.2) is 5.78 Å². The van der Waals surface area contributed by atoms with Gasteiger partial charge in [0.1, 0.15) is 5.92 Å². The van der Waals surface area contributed by atoms with E-state index in [1.165, 1.54) is 11.3 Å². The molecule has 0 aliphatic rings. The van der Waals surface area contributed by atoms with Gasteiger partial charge in [-0.15, -0.1) is 11.3 Å². The van der Waals surface area contributed by atoms with Gasteiger partial charge in [0.05, 0.1) is 14.7 Å². The van der Waals surface area contributed by atoms with Crippen molar-refractivity contribution in [2.45, 2.75) is 12.8 Å². The van der Waals surface area contributed by atoms with Crippen LogP contribution in [0.25, 0.3) is 0 Å². The van der Waals surface area contributed by atoms with E-state index < -0.39 is 5.92 Å². The molecule has 0 aliphatic carbocycles. The van der Waals surface area contributed by atoms with Crippen molar-refractivity contribution in [3.63, 3.8) is 0 Å². The smallest absolute Gasteiger partial charge is 0.194 e. The van der Waals surface area contributed by atoms with Crippen molar-refractivity contribution >= 4 is 33.0 Å². The van der Waals surface area contributed by atoms with Gasteiger partial charge in [-0.25, -0.2) is 0 Å². The van der Waals surface area contributed by atoms with E-state index in [2.05, 4.69) is 20.9 Å². The lowest BCUT2D eigenvalue weighted by Crippen LogP contribution is -2.09. The van der Waals surface area contributed by atoms with Gasteiger partial charge < -0.3 is 0 Å². The van der Waals surface area contributed by atoms with Crippen molar-refractivity contribution in [3.05, 3.63) is 50.4 Å². The summed E-state index contributed by atoms with van der Waals surface area (Å²) in [5.41, 5.74) is 1.64. The Morgan fingerprint density at radius 3 is 2.89 bits per heavy atom. The minimum Gasteiger partial charge on any atom is -0.291 e. The molecule has 1 atom stereocenters. The molecule has 2 aromatic heterocycles. The topological polar surface area (TPSA) is 53.8 Å². The van der Waals surface area contributed by atoms with Crippen LogP contribution in [0.3, 0.4) is 0 Å². The molecule has 0 aromatic carbocycles. The second-order valence-electron chi connectivity index (χ2n) is 3.78. The van der Waals surface area contributed by atoms with Crippen LogP contribution in [-0.2, 0) is 0 Å². The lowest BCUT2D eigenvalue weighted by Gasteiger charge is -2.05. The lowest BCUT2D eigenvalue weighted by molar-refractivity contribution is 0.0982. The second-order valence-corrected chi connectivity index (χ2v) is 6.15. The number of carbonyl (C=O) groups excluding carboxylic acids is 1. The third-order valence-corrected chi connectivity index (χ3v) is 4.66. The second kappa shape index (κ2) is 5.42. The van der Waals surface area contributed by atoms with Crippen LogP contribution in [-0.4, -0.2) is 10.8 Å². The van der Waals surface area contributed by atoms with Crippen LogP contribution >= 0.6 is 27.3 Å². The Bertz CT molecular complexity index is 596. The standard InChI is InChI=1S/C13H9BrN2OS/c1-8-5-11(18-13(8)14)12(17)10(6-15)9-3-2-4-16-7-9/h2-5,7,10H,1H3. The summed E-state index contributed by atoms with van der Waals surface area (Å²) in [4.78, 5) is 16.8. The molecule has 2 rings (SSSR count). The largest absolute Gasteiger partial charge is 0.291 e. The number of pyridine rings is 1. The average molecular weight is 321 g/mol. The normalized spacial score (nSPS) is 11.8. The highest BCUT2D eigenvalue weighted by Gasteiger charge is 2.23. The third kappa shape index (κ3) is 2.50. The first-order chi connectivity index (χ1) is 8.63. The molecule has 0 saturated carbocycles. The Kier molecular flexibility index (Phi) is 3.90. The van der Waals surface area contributed by atoms with Crippen LogP contribution in [0.4, 0.5) is 0 Å². The van der Waals surface area contributed by atoms with Crippen LogP contribution < -0.4 is 0 Å². The third-order valence-electron chi connectivity index (χ3n) is 2.51. The van der Waals surface area contributed by atoms with Crippen molar-refractivity contribution < 1.29 is 4.79 Å². The minimum absolute atomic E-state index is 0.177. The molecular formula is C13H9BrN2OS.